The fraction of sp³-hybridized carbons (Fsp3) is 0.278. The molecule has 3 rings (SSSR count). The third-order valence-corrected chi connectivity index (χ3v) is 5.85. The zero-order valence-electron chi connectivity index (χ0n) is 13.9. The van der Waals surface area contributed by atoms with Crippen molar-refractivity contribution in [1.29, 1.82) is 0 Å². The summed E-state index contributed by atoms with van der Waals surface area (Å²) in [4.78, 5) is 0. The van der Waals surface area contributed by atoms with E-state index in [1.54, 1.807) is 24.0 Å². The molecular weight excluding hydrogens is 322 g/mol. The van der Waals surface area contributed by atoms with Gasteiger partial charge in [0.15, 0.2) is 0 Å². The molecule has 126 valence electrons. The SMILES string of the molecule is CCN(Cc1ccc2ccccc2c1)S(=O)(=O)Cc1ccn(C)n1. The normalized spacial score (nSPS) is 12.1. The summed E-state index contributed by atoms with van der Waals surface area (Å²) in [6.07, 6.45) is 1.75. The highest BCUT2D eigenvalue weighted by Gasteiger charge is 2.22. The van der Waals surface area contributed by atoms with Gasteiger partial charge in [0.2, 0.25) is 10.0 Å². The van der Waals surface area contributed by atoms with E-state index in [4.69, 9.17) is 0 Å². The van der Waals surface area contributed by atoms with E-state index < -0.39 is 10.0 Å². The van der Waals surface area contributed by atoms with Gasteiger partial charge in [-0.05, 0) is 28.5 Å². The number of benzene rings is 2. The average molecular weight is 343 g/mol. The quantitative estimate of drug-likeness (QED) is 0.691. The van der Waals surface area contributed by atoms with Gasteiger partial charge in [-0.25, -0.2) is 8.42 Å². The number of sulfonamides is 1. The molecule has 2 aromatic carbocycles. The number of aromatic nitrogens is 2. The van der Waals surface area contributed by atoms with Crippen LogP contribution in [0.3, 0.4) is 0 Å². The van der Waals surface area contributed by atoms with Gasteiger partial charge in [-0.3, -0.25) is 4.68 Å². The number of hydrogen-bond donors (Lipinski definition) is 0. The van der Waals surface area contributed by atoms with E-state index >= 15 is 0 Å². The van der Waals surface area contributed by atoms with E-state index in [0.29, 0.717) is 18.8 Å². The number of rotatable bonds is 6. The maximum atomic E-state index is 12.7. The molecule has 1 aromatic heterocycles. The van der Waals surface area contributed by atoms with Gasteiger partial charge in [-0.1, -0.05) is 43.3 Å². The van der Waals surface area contributed by atoms with Crippen LogP contribution in [0.5, 0.6) is 0 Å². The molecule has 0 saturated carbocycles. The Morgan fingerprint density at radius 2 is 1.83 bits per heavy atom. The van der Waals surface area contributed by atoms with Crippen molar-refractivity contribution in [2.24, 2.45) is 7.05 Å². The second-order valence-electron chi connectivity index (χ2n) is 5.84. The second kappa shape index (κ2) is 6.75. The largest absolute Gasteiger partial charge is 0.276 e. The lowest BCUT2D eigenvalue weighted by atomic mass is 10.1. The molecule has 5 nitrogen and oxygen atoms in total. The highest BCUT2D eigenvalue weighted by molar-refractivity contribution is 7.88. The first kappa shape index (κ1) is 16.7. The van der Waals surface area contributed by atoms with E-state index in [0.717, 1.165) is 16.3 Å². The first-order valence-electron chi connectivity index (χ1n) is 7.92. The van der Waals surface area contributed by atoms with Crippen LogP contribution in [-0.2, 0) is 29.4 Å². The van der Waals surface area contributed by atoms with Crippen LogP contribution in [0.2, 0.25) is 0 Å². The summed E-state index contributed by atoms with van der Waals surface area (Å²) >= 11 is 0. The highest BCUT2D eigenvalue weighted by Crippen LogP contribution is 2.19. The van der Waals surface area contributed by atoms with Crippen LogP contribution in [-0.4, -0.2) is 29.0 Å². The molecule has 0 spiro atoms. The predicted octanol–water partition coefficient (Wildman–Crippen LogP) is 2.93. The molecule has 1 heterocycles. The molecule has 0 aliphatic rings. The number of hydrogen-bond acceptors (Lipinski definition) is 3. The van der Waals surface area contributed by atoms with Crippen molar-refractivity contribution in [3.63, 3.8) is 0 Å². The van der Waals surface area contributed by atoms with Gasteiger partial charge < -0.3 is 0 Å². The monoisotopic (exact) mass is 343 g/mol. The summed E-state index contributed by atoms with van der Waals surface area (Å²) in [5.74, 6) is -0.0741. The fourth-order valence-electron chi connectivity index (χ4n) is 2.77. The summed E-state index contributed by atoms with van der Waals surface area (Å²) in [6, 6.07) is 15.9. The van der Waals surface area contributed by atoms with Gasteiger partial charge in [0.1, 0.15) is 5.75 Å². The van der Waals surface area contributed by atoms with Crippen molar-refractivity contribution < 1.29 is 8.42 Å². The van der Waals surface area contributed by atoms with Gasteiger partial charge in [0.05, 0.1) is 5.69 Å². The van der Waals surface area contributed by atoms with Crippen molar-refractivity contribution in [2.75, 3.05) is 6.54 Å². The predicted molar refractivity (Wildman–Crippen MR) is 95.9 cm³/mol. The Balaban J connectivity index is 1.81. The van der Waals surface area contributed by atoms with Crippen molar-refractivity contribution in [2.45, 2.75) is 19.2 Å². The lowest BCUT2D eigenvalue weighted by Gasteiger charge is -2.20. The minimum atomic E-state index is -3.41. The van der Waals surface area contributed by atoms with Crippen LogP contribution in [0, 0.1) is 0 Å². The van der Waals surface area contributed by atoms with Crippen molar-refractivity contribution in [3.8, 4) is 0 Å². The summed E-state index contributed by atoms with van der Waals surface area (Å²) in [6.45, 7) is 2.66. The second-order valence-corrected chi connectivity index (χ2v) is 7.81. The fourth-order valence-corrected chi connectivity index (χ4v) is 4.22. The first-order valence-corrected chi connectivity index (χ1v) is 9.53. The molecular formula is C18H21N3O2S. The van der Waals surface area contributed by atoms with E-state index in [9.17, 15) is 8.42 Å². The van der Waals surface area contributed by atoms with Crippen molar-refractivity contribution >= 4 is 20.8 Å². The van der Waals surface area contributed by atoms with Crippen molar-refractivity contribution in [3.05, 3.63) is 66.0 Å². The summed E-state index contributed by atoms with van der Waals surface area (Å²) < 4.78 is 28.5. The zero-order valence-corrected chi connectivity index (χ0v) is 14.7. The van der Waals surface area contributed by atoms with Crippen LogP contribution in [0.4, 0.5) is 0 Å². The molecule has 0 atom stereocenters. The van der Waals surface area contributed by atoms with Crippen LogP contribution >= 0.6 is 0 Å². The van der Waals surface area contributed by atoms with Gasteiger partial charge in [0, 0.05) is 26.3 Å². The molecule has 0 aliphatic carbocycles. The van der Waals surface area contributed by atoms with E-state index in [-0.39, 0.29) is 5.75 Å². The maximum absolute atomic E-state index is 12.7. The number of fused-ring (bicyclic) bond motifs is 1. The van der Waals surface area contributed by atoms with Gasteiger partial charge in [-0.15, -0.1) is 0 Å². The lowest BCUT2D eigenvalue weighted by Crippen LogP contribution is -2.31. The Kier molecular flexibility index (Phi) is 4.69. The van der Waals surface area contributed by atoms with Crippen LogP contribution in [0.25, 0.3) is 10.8 Å². The molecule has 6 heteroatoms. The molecule has 0 saturated heterocycles. The molecule has 0 bridgehead atoms. The molecule has 0 N–H and O–H groups in total. The number of aryl methyl sites for hydroxylation is 1. The Hall–Kier alpha value is -2.18. The summed E-state index contributed by atoms with van der Waals surface area (Å²) in [5, 5.41) is 6.44. The van der Waals surface area contributed by atoms with Gasteiger partial charge >= 0.3 is 0 Å². The molecule has 0 radical (unpaired) electrons. The minimum Gasteiger partial charge on any atom is -0.276 e. The third kappa shape index (κ3) is 3.66. The summed E-state index contributed by atoms with van der Waals surface area (Å²) in [5.41, 5.74) is 1.55. The van der Waals surface area contributed by atoms with Crippen LogP contribution in [0.15, 0.2) is 54.7 Å². The Labute approximate surface area is 142 Å². The van der Waals surface area contributed by atoms with E-state index in [2.05, 4.69) is 11.2 Å². The third-order valence-electron chi connectivity index (χ3n) is 4.02. The summed E-state index contributed by atoms with van der Waals surface area (Å²) in [7, 11) is -1.63. The van der Waals surface area contributed by atoms with E-state index in [1.165, 1.54) is 4.31 Å². The topological polar surface area (TPSA) is 55.2 Å². The minimum absolute atomic E-state index is 0.0741. The highest BCUT2D eigenvalue weighted by atomic mass is 32.2. The standard InChI is InChI=1S/C18H21N3O2S/c1-3-21(24(22,23)14-18-10-11-20(2)19-18)13-15-8-9-16-6-4-5-7-17(16)12-15/h4-12H,3,13-14H2,1-2H3. The average Bonchev–Trinajstić information content (AvgIpc) is 2.96. The van der Waals surface area contributed by atoms with Crippen LogP contribution < -0.4 is 0 Å². The van der Waals surface area contributed by atoms with Crippen LogP contribution in [0.1, 0.15) is 18.2 Å². The smallest absolute Gasteiger partial charge is 0.220 e. The Morgan fingerprint density at radius 3 is 2.50 bits per heavy atom. The van der Waals surface area contributed by atoms with Gasteiger partial charge in [-0.2, -0.15) is 9.40 Å². The number of nitrogens with zero attached hydrogens (tertiary/aromatic N) is 3. The maximum Gasteiger partial charge on any atom is 0.220 e. The molecule has 0 aliphatic heterocycles. The first-order chi connectivity index (χ1) is 11.5. The molecule has 3 aromatic rings. The molecule has 24 heavy (non-hydrogen) atoms. The molecule has 0 amide bonds. The van der Waals surface area contributed by atoms with E-state index in [1.807, 2.05) is 43.3 Å². The Bertz CT molecular complexity index is 948. The molecule has 0 fully saturated rings. The molecule has 0 unspecified atom stereocenters. The zero-order chi connectivity index (χ0) is 17.2. The van der Waals surface area contributed by atoms with Gasteiger partial charge in [0.25, 0.3) is 0 Å². The lowest BCUT2D eigenvalue weighted by molar-refractivity contribution is 0.422. The van der Waals surface area contributed by atoms with Crippen molar-refractivity contribution in [1.82, 2.24) is 14.1 Å². The Morgan fingerprint density at radius 1 is 1.08 bits per heavy atom.